The summed E-state index contributed by atoms with van der Waals surface area (Å²) in [5, 5.41) is 3.53. The highest BCUT2D eigenvalue weighted by Crippen LogP contribution is 2.10. The van der Waals surface area contributed by atoms with E-state index in [1.165, 1.54) is 0 Å². The number of nitrogens with one attached hydrogen (secondary N) is 1. The fraction of sp³-hybridized carbons (Fsp3) is 0.917. The van der Waals surface area contributed by atoms with E-state index in [1.807, 2.05) is 11.8 Å². The first kappa shape index (κ1) is 12.5. The fourth-order valence-corrected chi connectivity index (χ4v) is 2.17. The Kier molecular flexibility index (Phi) is 5.09. The molecule has 1 N–H and O–H groups in total. The summed E-state index contributed by atoms with van der Waals surface area (Å²) >= 11 is 0. The van der Waals surface area contributed by atoms with Crippen LogP contribution < -0.4 is 5.32 Å². The molecular formula is C12H24N2O. The van der Waals surface area contributed by atoms with Gasteiger partial charge in [-0.3, -0.25) is 4.79 Å². The van der Waals surface area contributed by atoms with E-state index in [9.17, 15) is 4.79 Å². The van der Waals surface area contributed by atoms with Crippen molar-refractivity contribution in [1.82, 2.24) is 10.2 Å². The Hall–Kier alpha value is -0.570. The number of rotatable bonds is 3. The average Bonchev–Trinajstić information content (AvgIpc) is 2.41. The van der Waals surface area contributed by atoms with Gasteiger partial charge in [-0.05, 0) is 25.3 Å². The van der Waals surface area contributed by atoms with Crippen LogP contribution in [0.5, 0.6) is 0 Å². The lowest BCUT2D eigenvalue weighted by atomic mass is 10.0. The zero-order valence-electron chi connectivity index (χ0n) is 10.3. The van der Waals surface area contributed by atoms with Gasteiger partial charge in [0.15, 0.2) is 0 Å². The van der Waals surface area contributed by atoms with E-state index in [0.29, 0.717) is 24.3 Å². The monoisotopic (exact) mass is 212 g/mol. The van der Waals surface area contributed by atoms with Gasteiger partial charge in [-0.15, -0.1) is 0 Å². The van der Waals surface area contributed by atoms with Gasteiger partial charge in [-0.2, -0.15) is 0 Å². The zero-order valence-corrected chi connectivity index (χ0v) is 10.3. The third-order valence-electron chi connectivity index (χ3n) is 2.89. The zero-order chi connectivity index (χ0) is 11.3. The molecule has 1 atom stereocenters. The smallest absolute Gasteiger partial charge is 0.222 e. The minimum Gasteiger partial charge on any atom is -0.341 e. The van der Waals surface area contributed by atoms with E-state index in [1.54, 1.807) is 0 Å². The van der Waals surface area contributed by atoms with E-state index in [2.05, 4.69) is 19.2 Å². The van der Waals surface area contributed by atoms with E-state index < -0.39 is 0 Å². The summed E-state index contributed by atoms with van der Waals surface area (Å²) in [5.41, 5.74) is 0. The lowest BCUT2D eigenvalue weighted by molar-refractivity contribution is -0.131. The summed E-state index contributed by atoms with van der Waals surface area (Å²) in [5.74, 6) is 0.992. The Morgan fingerprint density at radius 2 is 2.27 bits per heavy atom. The number of hydrogen-bond acceptors (Lipinski definition) is 2. The van der Waals surface area contributed by atoms with Crippen molar-refractivity contribution in [2.24, 2.45) is 5.92 Å². The molecule has 0 aromatic heterocycles. The highest BCUT2D eigenvalue weighted by Gasteiger charge is 2.20. The lowest BCUT2D eigenvalue weighted by Crippen LogP contribution is -2.41. The summed E-state index contributed by atoms with van der Waals surface area (Å²) in [6.45, 7) is 9.28. The van der Waals surface area contributed by atoms with Crippen LogP contribution in [0.15, 0.2) is 0 Å². The molecule has 0 radical (unpaired) electrons. The van der Waals surface area contributed by atoms with Crippen LogP contribution >= 0.6 is 0 Å². The summed E-state index contributed by atoms with van der Waals surface area (Å²) in [6.07, 6.45) is 2.88. The van der Waals surface area contributed by atoms with Crippen LogP contribution in [0.2, 0.25) is 0 Å². The molecule has 1 aliphatic rings. The van der Waals surface area contributed by atoms with Crippen LogP contribution in [0.3, 0.4) is 0 Å². The van der Waals surface area contributed by atoms with Crippen LogP contribution in [0.25, 0.3) is 0 Å². The van der Waals surface area contributed by atoms with Crippen LogP contribution in [-0.2, 0) is 4.79 Å². The van der Waals surface area contributed by atoms with Crippen molar-refractivity contribution >= 4 is 5.91 Å². The Morgan fingerprint density at radius 1 is 1.53 bits per heavy atom. The van der Waals surface area contributed by atoms with Gasteiger partial charge in [0, 0.05) is 25.6 Å². The second kappa shape index (κ2) is 6.11. The molecule has 1 unspecified atom stereocenters. The predicted octanol–water partition coefficient (Wildman–Crippen LogP) is 1.63. The van der Waals surface area contributed by atoms with E-state index in [4.69, 9.17) is 0 Å². The van der Waals surface area contributed by atoms with Crippen molar-refractivity contribution in [3.63, 3.8) is 0 Å². The second-order valence-corrected chi connectivity index (χ2v) is 4.83. The van der Waals surface area contributed by atoms with Crippen molar-refractivity contribution in [3.05, 3.63) is 0 Å². The molecule has 1 rings (SSSR count). The SMILES string of the molecule is CCC(=O)N1CCCNC(CC(C)C)C1. The third kappa shape index (κ3) is 4.20. The van der Waals surface area contributed by atoms with Crippen molar-refractivity contribution in [2.45, 2.75) is 46.1 Å². The van der Waals surface area contributed by atoms with Crippen molar-refractivity contribution in [1.29, 1.82) is 0 Å². The first-order chi connectivity index (χ1) is 7.13. The van der Waals surface area contributed by atoms with Gasteiger partial charge in [-0.25, -0.2) is 0 Å². The first-order valence-electron chi connectivity index (χ1n) is 6.14. The van der Waals surface area contributed by atoms with Gasteiger partial charge in [0.25, 0.3) is 0 Å². The Balaban J connectivity index is 2.49. The molecular weight excluding hydrogens is 188 g/mol. The molecule has 0 aromatic carbocycles. The average molecular weight is 212 g/mol. The molecule has 1 aliphatic heterocycles. The number of carbonyl (C=O) groups is 1. The van der Waals surface area contributed by atoms with Gasteiger partial charge >= 0.3 is 0 Å². The Bertz CT molecular complexity index is 204. The fourth-order valence-electron chi connectivity index (χ4n) is 2.17. The predicted molar refractivity (Wildman–Crippen MR) is 62.7 cm³/mol. The van der Waals surface area contributed by atoms with Crippen LogP contribution in [0, 0.1) is 5.92 Å². The minimum atomic E-state index is 0.299. The van der Waals surface area contributed by atoms with E-state index >= 15 is 0 Å². The van der Waals surface area contributed by atoms with Crippen molar-refractivity contribution in [2.75, 3.05) is 19.6 Å². The molecule has 0 aliphatic carbocycles. The number of hydrogen-bond donors (Lipinski definition) is 1. The van der Waals surface area contributed by atoms with Gasteiger partial charge in [0.05, 0.1) is 0 Å². The van der Waals surface area contributed by atoms with Gasteiger partial charge < -0.3 is 10.2 Å². The molecule has 0 aromatic rings. The van der Waals surface area contributed by atoms with Gasteiger partial charge in [0.1, 0.15) is 0 Å². The molecule has 3 nitrogen and oxygen atoms in total. The maximum atomic E-state index is 11.6. The summed E-state index contributed by atoms with van der Waals surface area (Å²) in [4.78, 5) is 13.7. The molecule has 88 valence electrons. The topological polar surface area (TPSA) is 32.3 Å². The third-order valence-corrected chi connectivity index (χ3v) is 2.89. The standard InChI is InChI=1S/C12H24N2O/c1-4-12(15)14-7-5-6-13-11(9-14)8-10(2)3/h10-11,13H,4-9H2,1-3H3. The Labute approximate surface area is 93.2 Å². The normalized spacial score (nSPS) is 22.9. The summed E-state index contributed by atoms with van der Waals surface area (Å²) in [7, 11) is 0. The van der Waals surface area contributed by atoms with E-state index in [0.717, 1.165) is 32.5 Å². The maximum Gasteiger partial charge on any atom is 0.222 e. The minimum absolute atomic E-state index is 0.299. The molecule has 0 spiro atoms. The number of amides is 1. The molecule has 15 heavy (non-hydrogen) atoms. The van der Waals surface area contributed by atoms with E-state index in [-0.39, 0.29) is 0 Å². The highest BCUT2D eigenvalue weighted by atomic mass is 16.2. The molecule has 1 heterocycles. The van der Waals surface area contributed by atoms with Crippen LogP contribution in [0.4, 0.5) is 0 Å². The molecule has 0 bridgehead atoms. The first-order valence-corrected chi connectivity index (χ1v) is 6.14. The van der Waals surface area contributed by atoms with Crippen molar-refractivity contribution < 1.29 is 4.79 Å². The van der Waals surface area contributed by atoms with Crippen LogP contribution in [0.1, 0.15) is 40.0 Å². The molecule has 1 fully saturated rings. The number of carbonyl (C=O) groups excluding carboxylic acids is 1. The summed E-state index contributed by atoms with van der Waals surface area (Å²) in [6, 6.07) is 0.489. The Morgan fingerprint density at radius 3 is 2.87 bits per heavy atom. The maximum absolute atomic E-state index is 11.6. The summed E-state index contributed by atoms with van der Waals surface area (Å²) < 4.78 is 0. The quantitative estimate of drug-likeness (QED) is 0.771. The largest absolute Gasteiger partial charge is 0.341 e. The molecule has 0 saturated carbocycles. The van der Waals surface area contributed by atoms with Crippen molar-refractivity contribution in [3.8, 4) is 0 Å². The molecule has 1 amide bonds. The molecule has 3 heteroatoms. The van der Waals surface area contributed by atoms with Gasteiger partial charge in [-0.1, -0.05) is 20.8 Å². The highest BCUT2D eigenvalue weighted by molar-refractivity contribution is 5.75. The lowest BCUT2D eigenvalue weighted by Gasteiger charge is -2.25. The second-order valence-electron chi connectivity index (χ2n) is 4.83. The van der Waals surface area contributed by atoms with Gasteiger partial charge in [0.2, 0.25) is 5.91 Å². The van der Waals surface area contributed by atoms with Crippen LogP contribution in [-0.4, -0.2) is 36.5 Å². The number of nitrogens with zero attached hydrogens (tertiary/aromatic N) is 1. The molecule has 1 saturated heterocycles.